The summed E-state index contributed by atoms with van der Waals surface area (Å²) < 4.78 is 43.9. The van der Waals surface area contributed by atoms with Gasteiger partial charge in [0.05, 0.1) is 24.9 Å². The average molecular weight is 408 g/mol. The molecule has 4 nitrogen and oxygen atoms in total. The van der Waals surface area contributed by atoms with Gasteiger partial charge in [-0.15, -0.1) is 0 Å². The number of nitrogens with one attached hydrogen (secondary N) is 1. The van der Waals surface area contributed by atoms with Crippen LogP contribution in [0.4, 0.5) is 18.9 Å². The number of benzene rings is 2. The number of aliphatic hydroxyl groups excluding tert-OH is 1. The Morgan fingerprint density at radius 2 is 1.79 bits per heavy atom. The highest BCUT2D eigenvalue weighted by Gasteiger charge is 2.30. The number of alkyl halides is 3. The molecule has 158 valence electrons. The summed E-state index contributed by atoms with van der Waals surface area (Å²) in [7, 11) is 0. The summed E-state index contributed by atoms with van der Waals surface area (Å²) in [4.78, 5) is 2.29. The van der Waals surface area contributed by atoms with Crippen molar-refractivity contribution in [3.63, 3.8) is 0 Å². The second-order valence-corrected chi connectivity index (χ2v) is 7.42. The number of aliphatic hydroxyl groups is 1. The molecular weight excluding hydrogens is 381 g/mol. The van der Waals surface area contributed by atoms with Gasteiger partial charge in [-0.25, -0.2) is 0 Å². The molecule has 0 aliphatic carbocycles. The fourth-order valence-corrected chi connectivity index (χ4v) is 3.44. The van der Waals surface area contributed by atoms with Crippen LogP contribution in [-0.2, 0) is 17.3 Å². The minimum atomic E-state index is -4.41. The van der Waals surface area contributed by atoms with Crippen LogP contribution in [0.5, 0.6) is 0 Å². The standard InChI is InChI=1S/C22H27F3N2O2/c1-16(13-17-5-7-20(8-6-17)27-9-11-29-12-10-27)26-15-21(28)18-3-2-4-19(14-18)22(23,24)25/h2-8,14,16,21,26,28H,9-13,15H2,1H3. The van der Waals surface area contributed by atoms with Crippen molar-refractivity contribution in [3.05, 3.63) is 65.2 Å². The molecule has 0 bridgehead atoms. The van der Waals surface area contributed by atoms with Crippen LogP contribution in [0.15, 0.2) is 48.5 Å². The topological polar surface area (TPSA) is 44.7 Å². The third kappa shape index (κ3) is 6.19. The van der Waals surface area contributed by atoms with E-state index in [2.05, 4.69) is 34.5 Å². The van der Waals surface area contributed by atoms with Crippen LogP contribution >= 0.6 is 0 Å². The fourth-order valence-electron chi connectivity index (χ4n) is 3.44. The average Bonchev–Trinajstić information content (AvgIpc) is 2.73. The van der Waals surface area contributed by atoms with Crippen molar-refractivity contribution in [2.45, 2.75) is 31.7 Å². The molecule has 0 aromatic heterocycles. The quantitative estimate of drug-likeness (QED) is 0.732. The Labute approximate surface area is 169 Å². The Bertz CT molecular complexity index is 774. The van der Waals surface area contributed by atoms with Gasteiger partial charge in [0.2, 0.25) is 0 Å². The molecule has 2 aromatic rings. The van der Waals surface area contributed by atoms with E-state index in [0.717, 1.165) is 50.4 Å². The molecule has 1 aliphatic rings. The predicted molar refractivity (Wildman–Crippen MR) is 107 cm³/mol. The normalized spacial score (nSPS) is 17.2. The highest BCUT2D eigenvalue weighted by atomic mass is 19.4. The molecule has 0 amide bonds. The minimum absolute atomic E-state index is 0.0738. The van der Waals surface area contributed by atoms with Crippen molar-refractivity contribution in [2.24, 2.45) is 0 Å². The summed E-state index contributed by atoms with van der Waals surface area (Å²) in [5.74, 6) is 0. The zero-order valence-corrected chi connectivity index (χ0v) is 16.5. The Hall–Kier alpha value is -2.09. The Kier molecular flexibility index (Phi) is 7.16. The van der Waals surface area contributed by atoms with Gasteiger partial charge in [0.25, 0.3) is 0 Å². The molecule has 0 saturated carbocycles. The van der Waals surface area contributed by atoms with Crippen LogP contribution in [0.1, 0.15) is 29.7 Å². The first-order chi connectivity index (χ1) is 13.8. The lowest BCUT2D eigenvalue weighted by atomic mass is 10.0. The molecule has 7 heteroatoms. The zero-order chi connectivity index (χ0) is 20.9. The summed E-state index contributed by atoms with van der Waals surface area (Å²) in [5.41, 5.74) is 1.85. The summed E-state index contributed by atoms with van der Waals surface area (Å²) >= 11 is 0. The fraction of sp³-hybridized carbons (Fsp3) is 0.455. The van der Waals surface area contributed by atoms with E-state index in [0.29, 0.717) is 0 Å². The van der Waals surface area contributed by atoms with E-state index in [9.17, 15) is 18.3 Å². The molecule has 1 heterocycles. The van der Waals surface area contributed by atoms with E-state index in [4.69, 9.17) is 4.74 Å². The molecule has 3 rings (SSSR count). The lowest BCUT2D eigenvalue weighted by molar-refractivity contribution is -0.137. The zero-order valence-electron chi connectivity index (χ0n) is 16.5. The Morgan fingerprint density at radius 3 is 2.45 bits per heavy atom. The molecule has 29 heavy (non-hydrogen) atoms. The third-order valence-corrected chi connectivity index (χ3v) is 5.11. The van der Waals surface area contributed by atoms with Gasteiger partial charge in [-0.05, 0) is 48.7 Å². The number of morpholine rings is 1. The SMILES string of the molecule is CC(Cc1ccc(N2CCOCC2)cc1)NCC(O)c1cccc(C(F)(F)F)c1. The summed E-state index contributed by atoms with van der Waals surface area (Å²) in [6.45, 7) is 5.46. The van der Waals surface area contributed by atoms with E-state index in [-0.39, 0.29) is 18.2 Å². The molecule has 2 atom stereocenters. The maximum atomic E-state index is 12.8. The van der Waals surface area contributed by atoms with Crippen LogP contribution in [-0.4, -0.2) is 44.0 Å². The number of rotatable bonds is 7. The molecule has 0 spiro atoms. The molecule has 0 radical (unpaired) electrons. The molecule has 1 saturated heterocycles. The van der Waals surface area contributed by atoms with Crippen LogP contribution in [0.3, 0.4) is 0 Å². The number of ether oxygens (including phenoxy) is 1. The minimum Gasteiger partial charge on any atom is -0.387 e. The van der Waals surface area contributed by atoms with Crippen molar-refractivity contribution >= 4 is 5.69 Å². The van der Waals surface area contributed by atoms with E-state index in [1.807, 2.05) is 6.92 Å². The first kappa shape index (κ1) is 21.6. The number of hydrogen-bond donors (Lipinski definition) is 2. The van der Waals surface area contributed by atoms with Gasteiger partial charge >= 0.3 is 6.18 Å². The van der Waals surface area contributed by atoms with E-state index < -0.39 is 17.8 Å². The highest BCUT2D eigenvalue weighted by molar-refractivity contribution is 5.48. The Morgan fingerprint density at radius 1 is 1.10 bits per heavy atom. The monoisotopic (exact) mass is 408 g/mol. The largest absolute Gasteiger partial charge is 0.416 e. The summed E-state index contributed by atoms with van der Waals surface area (Å²) in [5, 5.41) is 13.5. The second kappa shape index (κ2) is 9.61. The van der Waals surface area contributed by atoms with Gasteiger partial charge in [0.1, 0.15) is 0 Å². The van der Waals surface area contributed by atoms with Crippen molar-refractivity contribution in [3.8, 4) is 0 Å². The van der Waals surface area contributed by atoms with Crippen LogP contribution in [0, 0.1) is 0 Å². The molecule has 2 unspecified atom stereocenters. The van der Waals surface area contributed by atoms with Gasteiger partial charge in [-0.3, -0.25) is 0 Å². The maximum absolute atomic E-state index is 12.8. The van der Waals surface area contributed by atoms with Crippen molar-refractivity contribution in [1.29, 1.82) is 0 Å². The third-order valence-electron chi connectivity index (χ3n) is 5.11. The molecule has 2 N–H and O–H groups in total. The van der Waals surface area contributed by atoms with Crippen molar-refractivity contribution in [2.75, 3.05) is 37.7 Å². The number of anilines is 1. The smallest absolute Gasteiger partial charge is 0.387 e. The Balaban J connectivity index is 1.50. The van der Waals surface area contributed by atoms with Gasteiger partial charge < -0.3 is 20.1 Å². The lowest BCUT2D eigenvalue weighted by Gasteiger charge is -2.29. The molecule has 1 aliphatic heterocycles. The summed E-state index contributed by atoms with van der Waals surface area (Å²) in [6.07, 6.45) is -4.65. The molecule has 1 fully saturated rings. The van der Waals surface area contributed by atoms with E-state index in [1.54, 1.807) is 0 Å². The van der Waals surface area contributed by atoms with Gasteiger partial charge in [-0.2, -0.15) is 13.2 Å². The lowest BCUT2D eigenvalue weighted by Crippen LogP contribution is -2.36. The molecular formula is C22H27F3N2O2. The van der Waals surface area contributed by atoms with Crippen LogP contribution in [0.2, 0.25) is 0 Å². The van der Waals surface area contributed by atoms with E-state index >= 15 is 0 Å². The van der Waals surface area contributed by atoms with Crippen molar-refractivity contribution < 1.29 is 23.0 Å². The second-order valence-electron chi connectivity index (χ2n) is 7.42. The molecule has 2 aromatic carbocycles. The van der Waals surface area contributed by atoms with Gasteiger partial charge in [-0.1, -0.05) is 24.3 Å². The number of halogens is 3. The van der Waals surface area contributed by atoms with Gasteiger partial charge in [0.15, 0.2) is 0 Å². The first-order valence-corrected chi connectivity index (χ1v) is 9.83. The predicted octanol–water partition coefficient (Wildman–Crippen LogP) is 3.80. The highest BCUT2D eigenvalue weighted by Crippen LogP contribution is 2.30. The van der Waals surface area contributed by atoms with Crippen LogP contribution < -0.4 is 10.2 Å². The first-order valence-electron chi connectivity index (χ1n) is 9.83. The van der Waals surface area contributed by atoms with E-state index in [1.165, 1.54) is 17.8 Å². The number of hydrogen-bond acceptors (Lipinski definition) is 4. The van der Waals surface area contributed by atoms with Gasteiger partial charge in [0, 0.05) is 31.4 Å². The number of nitrogens with zero attached hydrogens (tertiary/aromatic N) is 1. The van der Waals surface area contributed by atoms with Crippen LogP contribution in [0.25, 0.3) is 0 Å². The maximum Gasteiger partial charge on any atom is 0.416 e. The summed E-state index contributed by atoms with van der Waals surface area (Å²) in [6, 6.07) is 13.3. The van der Waals surface area contributed by atoms with Crippen molar-refractivity contribution in [1.82, 2.24) is 5.32 Å².